The summed E-state index contributed by atoms with van der Waals surface area (Å²) in [5.41, 5.74) is 6.73. The Hall–Kier alpha value is -2.08. The van der Waals surface area contributed by atoms with Gasteiger partial charge in [0.1, 0.15) is 0 Å². The molecule has 0 spiro atoms. The molecular weight excluding hydrogens is 240 g/mol. The highest BCUT2D eigenvalue weighted by atomic mass is 14.2. The Kier molecular flexibility index (Phi) is 3.56. The summed E-state index contributed by atoms with van der Waals surface area (Å²) in [6.45, 7) is 4.49. The van der Waals surface area contributed by atoms with E-state index in [0.717, 1.165) is 6.42 Å². The number of aryl methyl sites for hydroxylation is 1. The average Bonchev–Trinajstić information content (AvgIpc) is 2.48. The molecule has 0 heteroatoms. The molecule has 0 aromatic heterocycles. The van der Waals surface area contributed by atoms with E-state index in [1.54, 1.807) is 0 Å². The number of benzene rings is 2. The molecule has 0 saturated carbocycles. The Morgan fingerprint density at radius 3 is 2.40 bits per heavy atom. The summed E-state index contributed by atoms with van der Waals surface area (Å²) in [7, 11) is 0. The maximum atomic E-state index is 2.32. The molecule has 1 aliphatic rings. The smallest absolute Gasteiger partial charge is 0.0150 e. The SMILES string of the molecule is Cc1cc(C2=CC=CCC2C)cc(-c2ccccc2)c1. The lowest BCUT2D eigenvalue weighted by molar-refractivity contribution is 0.758. The van der Waals surface area contributed by atoms with Gasteiger partial charge < -0.3 is 0 Å². The third-order valence-corrected chi connectivity index (χ3v) is 3.95. The first-order chi connectivity index (χ1) is 9.74. The third-order valence-electron chi connectivity index (χ3n) is 3.95. The average molecular weight is 260 g/mol. The number of rotatable bonds is 2. The molecule has 0 radical (unpaired) electrons. The van der Waals surface area contributed by atoms with Crippen molar-refractivity contribution in [2.45, 2.75) is 20.3 Å². The van der Waals surface area contributed by atoms with E-state index in [1.165, 1.54) is 27.8 Å². The number of hydrogen-bond acceptors (Lipinski definition) is 0. The van der Waals surface area contributed by atoms with Crippen LogP contribution in [0.2, 0.25) is 0 Å². The standard InChI is InChI=1S/C20H20/c1-15-12-18(17-9-4-3-5-10-17)14-19(13-15)20-11-7-6-8-16(20)2/h3-7,9-14,16H,8H2,1-2H3. The molecule has 2 aromatic rings. The lowest BCUT2D eigenvalue weighted by Crippen LogP contribution is -2.01. The predicted molar refractivity (Wildman–Crippen MR) is 87.5 cm³/mol. The molecule has 3 rings (SSSR count). The predicted octanol–water partition coefficient (Wildman–Crippen LogP) is 5.64. The molecule has 0 nitrogen and oxygen atoms in total. The quantitative estimate of drug-likeness (QED) is 0.655. The maximum absolute atomic E-state index is 2.32. The van der Waals surface area contributed by atoms with Crippen LogP contribution in [0.5, 0.6) is 0 Å². The van der Waals surface area contributed by atoms with Gasteiger partial charge >= 0.3 is 0 Å². The molecule has 1 unspecified atom stereocenters. The van der Waals surface area contributed by atoms with Crippen LogP contribution in [0.4, 0.5) is 0 Å². The summed E-state index contributed by atoms with van der Waals surface area (Å²) >= 11 is 0. The first-order valence-electron chi connectivity index (χ1n) is 7.28. The first-order valence-corrected chi connectivity index (χ1v) is 7.28. The number of hydrogen-bond donors (Lipinski definition) is 0. The highest BCUT2D eigenvalue weighted by molar-refractivity contribution is 5.75. The van der Waals surface area contributed by atoms with E-state index < -0.39 is 0 Å². The van der Waals surface area contributed by atoms with Gasteiger partial charge in [-0.1, -0.05) is 67.6 Å². The van der Waals surface area contributed by atoms with Crippen LogP contribution in [-0.4, -0.2) is 0 Å². The van der Waals surface area contributed by atoms with E-state index in [0.29, 0.717) is 5.92 Å². The fourth-order valence-corrected chi connectivity index (χ4v) is 2.87. The summed E-state index contributed by atoms with van der Waals surface area (Å²) in [5.74, 6) is 0.602. The van der Waals surface area contributed by atoms with Gasteiger partial charge in [0.2, 0.25) is 0 Å². The Morgan fingerprint density at radius 1 is 0.900 bits per heavy atom. The van der Waals surface area contributed by atoms with Crippen molar-refractivity contribution in [1.82, 2.24) is 0 Å². The minimum atomic E-state index is 0.602. The van der Waals surface area contributed by atoms with Crippen molar-refractivity contribution in [3.05, 3.63) is 77.9 Å². The normalized spacial score (nSPS) is 17.9. The molecule has 1 atom stereocenters. The fraction of sp³-hybridized carbons (Fsp3) is 0.200. The molecule has 0 amide bonds. The second-order valence-corrected chi connectivity index (χ2v) is 5.64. The summed E-state index contributed by atoms with van der Waals surface area (Å²) in [4.78, 5) is 0. The van der Waals surface area contributed by atoms with Gasteiger partial charge in [-0.25, -0.2) is 0 Å². The molecule has 1 aliphatic carbocycles. The zero-order chi connectivity index (χ0) is 13.9. The van der Waals surface area contributed by atoms with Crippen LogP contribution in [0.3, 0.4) is 0 Å². The lowest BCUT2D eigenvalue weighted by atomic mass is 9.86. The van der Waals surface area contributed by atoms with E-state index in [2.05, 4.69) is 80.6 Å². The Balaban J connectivity index is 2.08. The van der Waals surface area contributed by atoms with Crippen LogP contribution in [0.1, 0.15) is 24.5 Å². The third kappa shape index (κ3) is 2.60. The summed E-state index contributed by atoms with van der Waals surface area (Å²) < 4.78 is 0. The van der Waals surface area contributed by atoms with Crippen molar-refractivity contribution in [2.24, 2.45) is 5.92 Å². The molecule has 0 aliphatic heterocycles. The molecule has 0 fully saturated rings. The van der Waals surface area contributed by atoms with Crippen molar-refractivity contribution in [3.8, 4) is 11.1 Å². The summed E-state index contributed by atoms with van der Waals surface area (Å²) in [5, 5.41) is 0. The zero-order valence-corrected chi connectivity index (χ0v) is 12.1. The Morgan fingerprint density at radius 2 is 1.65 bits per heavy atom. The highest BCUT2D eigenvalue weighted by Gasteiger charge is 2.13. The van der Waals surface area contributed by atoms with Crippen LogP contribution in [-0.2, 0) is 0 Å². The van der Waals surface area contributed by atoms with Crippen LogP contribution < -0.4 is 0 Å². The number of allylic oxidation sites excluding steroid dienone is 4. The highest BCUT2D eigenvalue weighted by Crippen LogP contribution is 2.32. The molecule has 2 aromatic carbocycles. The van der Waals surface area contributed by atoms with Gasteiger partial charge in [0, 0.05) is 0 Å². The van der Waals surface area contributed by atoms with E-state index in [4.69, 9.17) is 0 Å². The summed E-state index contributed by atoms with van der Waals surface area (Å²) in [6, 6.07) is 17.5. The van der Waals surface area contributed by atoms with Crippen LogP contribution in [0, 0.1) is 12.8 Å². The van der Waals surface area contributed by atoms with Crippen LogP contribution in [0.15, 0.2) is 66.8 Å². The Labute approximate surface area is 121 Å². The van der Waals surface area contributed by atoms with E-state index in [1.807, 2.05) is 0 Å². The van der Waals surface area contributed by atoms with Gasteiger partial charge in [-0.15, -0.1) is 0 Å². The molecule has 20 heavy (non-hydrogen) atoms. The van der Waals surface area contributed by atoms with Crippen molar-refractivity contribution in [1.29, 1.82) is 0 Å². The second-order valence-electron chi connectivity index (χ2n) is 5.64. The largest absolute Gasteiger partial charge is 0.0839 e. The van der Waals surface area contributed by atoms with E-state index in [9.17, 15) is 0 Å². The monoisotopic (exact) mass is 260 g/mol. The molecular formula is C20H20. The van der Waals surface area contributed by atoms with Crippen molar-refractivity contribution < 1.29 is 0 Å². The maximum Gasteiger partial charge on any atom is -0.0150 e. The van der Waals surface area contributed by atoms with Crippen molar-refractivity contribution >= 4 is 5.57 Å². The fourth-order valence-electron chi connectivity index (χ4n) is 2.87. The first kappa shape index (κ1) is 12.9. The zero-order valence-electron chi connectivity index (χ0n) is 12.1. The lowest BCUT2D eigenvalue weighted by Gasteiger charge is -2.19. The van der Waals surface area contributed by atoms with Gasteiger partial charge in [-0.3, -0.25) is 0 Å². The molecule has 0 bridgehead atoms. The minimum absolute atomic E-state index is 0.602. The second kappa shape index (κ2) is 5.50. The van der Waals surface area contributed by atoms with Crippen LogP contribution >= 0.6 is 0 Å². The minimum Gasteiger partial charge on any atom is -0.0839 e. The Bertz CT molecular complexity index is 660. The summed E-state index contributed by atoms with van der Waals surface area (Å²) in [6.07, 6.45) is 7.83. The van der Waals surface area contributed by atoms with Gasteiger partial charge in [-0.05, 0) is 53.2 Å². The molecule has 0 saturated heterocycles. The van der Waals surface area contributed by atoms with Gasteiger partial charge in [0.25, 0.3) is 0 Å². The topological polar surface area (TPSA) is 0 Å². The molecule has 0 N–H and O–H groups in total. The van der Waals surface area contributed by atoms with E-state index >= 15 is 0 Å². The van der Waals surface area contributed by atoms with Gasteiger partial charge in [-0.2, -0.15) is 0 Å². The van der Waals surface area contributed by atoms with Gasteiger partial charge in [0.05, 0.1) is 0 Å². The van der Waals surface area contributed by atoms with Crippen molar-refractivity contribution in [3.63, 3.8) is 0 Å². The molecule has 0 heterocycles. The van der Waals surface area contributed by atoms with Crippen LogP contribution in [0.25, 0.3) is 16.7 Å². The van der Waals surface area contributed by atoms with E-state index in [-0.39, 0.29) is 0 Å². The van der Waals surface area contributed by atoms with Gasteiger partial charge in [0.15, 0.2) is 0 Å². The van der Waals surface area contributed by atoms with Crippen molar-refractivity contribution in [2.75, 3.05) is 0 Å². The molecule has 100 valence electrons.